The predicted molar refractivity (Wildman–Crippen MR) is 81.9 cm³/mol. The van der Waals surface area contributed by atoms with Crippen LogP contribution in [0.2, 0.25) is 0 Å². The van der Waals surface area contributed by atoms with Crippen molar-refractivity contribution in [2.75, 3.05) is 14.2 Å². The number of allylic oxidation sites excluding steroid dienone is 3. The van der Waals surface area contributed by atoms with Crippen molar-refractivity contribution in [2.45, 2.75) is 6.92 Å². The maximum absolute atomic E-state index is 12.1. The molecule has 1 aliphatic rings. The Kier molecular flexibility index (Phi) is 4.95. The summed E-state index contributed by atoms with van der Waals surface area (Å²) in [6, 6.07) is 5.17. The smallest absolute Gasteiger partial charge is 0.329 e. The minimum Gasteiger partial charge on any atom is -0.493 e. The van der Waals surface area contributed by atoms with Crippen molar-refractivity contribution < 1.29 is 28.6 Å². The molecule has 0 fully saturated rings. The second-order valence-electron chi connectivity index (χ2n) is 4.83. The van der Waals surface area contributed by atoms with Crippen LogP contribution in [-0.2, 0) is 19.1 Å². The Balaban J connectivity index is 2.26. The molecule has 0 saturated heterocycles. The Morgan fingerprint density at radius 3 is 2.57 bits per heavy atom. The fourth-order valence-electron chi connectivity index (χ4n) is 2.21. The quantitative estimate of drug-likeness (QED) is 0.469. The number of ketones is 2. The first-order chi connectivity index (χ1) is 11.0. The molecule has 1 atom stereocenters. The number of cyclic esters (lactones) is 1. The number of esters is 1. The SMILES string of the molecule is COc1cccc(C=CC(=O)C2C(=O)C=C(C)OC2=O)c1OC. The van der Waals surface area contributed by atoms with Crippen molar-refractivity contribution in [3.8, 4) is 11.5 Å². The normalized spacial score (nSPS) is 17.7. The Bertz CT molecular complexity index is 714. The van der Waals surface area contributed by atoms with Crippen LogP contribution in [0.4, 0.5) is 0 Å². The molecule has 0 bridgehead atoms. The van der Waals surface area contributed by atoms with Crippen LogP contribution in [0, 0.1) is 5.92 Å². The molecule has 1 heterocycles. The fraction of sp³-hybridized carbons (Fsp3) is 0.235. The lowest BCUT2D eigenvalue weighted by Gasteiger charge is -2.15. The first-order valence-electron chi connectivity index (χ1n) is 6.84. The standard InChI is InChI=1S/C17H16O6/c1-10-9-13(19)15(17(20)23-10)12(18)8-7-11-5-4-6-14(21-2)16(11)22-3/h4-9,15H,1-3H3. The molecule has 0 amide bonds. The molecule has 0 radical (unpaired) electrons. The molecule has 1 unspecified atom stereocenters. The van der Waals surface area contributed by atoms with Gasteiger partial charge in [-0.3, -0.25) is 14.4 Å². The molecular weight excluding hydrogens is 300 g/mol. The highest BCUT2D eigenvalue weighted by atomic mass is 16.5. The Hall–Kier alpha value is -2.89. The average Bonchev–Trinajstić information content (AvgIpc) is 2.51. The van der Waals surface area contributed by atoms with E-state index in [1.54, 1.807) is 18.2 Å². The van der Waals surface area contributed by atoms with E-state index < -0.39 is 23.5 Å². The van der Waals surface area contributed by atoms with Crippen LogP contribution in [0.25, 0.3) is 6.08 Å². The van der Waals surface area contributed by atoms with Crippen molar-refractivity contribution in [3.05, 3.63) is 41.7 Å². The van der Waals surface area contributed by atoms with E-state index in [-0.39, 0.29) is 5.76 Å². The lowest BCUT2D eigenvalue weighted by Crippen LogP contribution is -2.34. The zero-order chi connectivity index (χ0) is 17.0. The van der Waals surface area contributed by atoms with Gasteiger partial charge in [0.05, 0.1) is 14.2 Å². The number of benzene rings is 1. The fourth-order valence-corrected chi connectivity index (χ4v) is 2.21. The molecule has 0 aliphatic carbocycles. The summed E-state index contributed by atoms with van der Waals surface area (Å²) >= 11 is 0. The zero-order valence-corrected chi connectivity index (χ0v) is 13.0. The van der Waals surface area contributed by atoms with Crippen molar-refractivity contribution in [2.24, 2.45) is 5.92 Å². The van der Waals surface area contributed by atoms with Gasteiger partial charge in [0.2, 0.25) is 0 Å². The summed E-state index contributed by atoms with van der Waals surface area (Å²) in [4.78, 5) is 35.7. The minimum atomic E-state index is -1.45. The van der Waals surface area contributed by atoms with E-state index in [2.05, 4.69) is 0 Å². The average molecular weight is 316 g/mol. The lowest BCUT2D eigenvalue weighted by atomic mass is 9.96. The first-order valence-corrected chi connectivity index (χ1v) is 6.84. The Labute approximate surface area is 133 Å². The number of carbonyl (C=O) groups excluding carboxylic acids is 3. The number of hydrogen-bond donors (Lipinski definition) is 0. The number of ether oxygens (including phenoxy) is 3. The molecule has 120 valence electrons. The summed E-state index contributed by atoms with van der Waals surface area (Å²) in [6.45, 7) is 1.48. The molecule has 0 aromatic heterocycles. The maximum atomic E-state index is 12.1. The second-order valence-corrected chi connectivity index (χ2v) is 4.83. The monoisotopic (exact) mass is 316 g/mol. The Morgan fingerprint density at radius 1 is 1.22 bits per heavy atom. The van der Waals surface area contributed by atoms with Crippen molar-refractivity contribution in [1.29, 1.82) is 0 Å². The van der Waals surface area contributed by atoms with Gasteiger partial charge in [-0.25, -0.2) is 0 Å². The van der Waals surface area contributed by atoms with Gasteiger partial charge in [0.1, 0.15) is 5.76 Å². The lowest BCUT2D eigenvalue weighted by molar-refractivity contribution is -0.151. The van der Waals surface area contributed by atoms with Crippen molar-refractivity contribution in [3.63, 3.8) is 0 Å². The molecule has 0 N–H and O–H groups in total. The summed E-state index contributed by atoms with van der Waals surface area (Å²) in [7, 11) is 2.98. The summed E-state index contributed by atoms with van der Waals surface area (Å²) in [5, 5.41) is 0. The molecule has 23 heavy (non-hydrogen) atoms. The van der Waals surface area contributed by atoms with Crippen molar-refractivity contribution in [1.82, 2.24) is 0 Å². The summed E-state index contributed by atoms with van der Waals surface area (Å²) < 4.78 is 15.2. The van der Waals surface area contributed by atoms with E-state index in [1.165, 1.54) is 27.2 Å². The van der Waals surface area contributed by atoms with Gasteiger partial charge >= 0.3 is 5.97 Å². The third-order valence-corrected chi connectivity index (χ3v) is 3.27. The van der Waals surface area contributed by atoms with E-state index in [0.717, 1.165) is 12.2 Å². The van der Waals surface area contributed by atoms with Crippen LogP contribution in [0.3, 0.4) is 0 Å². The molecule has 0 saturated carbocycles. The molecular formula is C17H16O6. The summed E-state index contributed by atoms with van der Waals surface area (Å²) in [5.41, 5.74) is 0.587. The van der Waals surface area contributed by atoms with E-state index >= 15 is 0 Å². The second kappa shape index (κ2) is 6.91. The molecule has 6 heteroatoms. The largest absolute Gasteiger partial charge is 0.493 e. The van der Waals surface area contributed by atoms with Crippen LogP contribution in [0.15, 0.2) is 36.1 Å². The van der Waals surface area contributed by atoms with Gasteiger partial charge in [0, 0.05) is 11.6 Å². The van der Waals surface area contributed by atoms with E-state index in [9.17, 15) is 14.4 Å². The minimum absolute atomic E-state index is 0.183. The topological polar surface area (TPSA) is 78.9 Å². The van der Waals surface area contributed by atoms with E-state index in [1.807, 2.05) is 0 Å². The van der Waals surface area contributed by atoms with Gasteiger partial charge in [-0.2, -0.15) is 0 Å². The maximum Gasteiger partial charge on any atom is 0.329 e. The molecule has 1 aliphatic heterocycles. The summed E-state index contributed by atoms with van der Waals surface area (Å²) in [6.07, 6.45) is 3.77. The highest BCUT2D eigenvalue weighted by Crippen LogP contribution is 2.31. The van der Waals surface area contributed by atoms with Gasteiger partial charge in [-0.05, 0) is 25.1 Å². The highest BCUT2D eigenvalue weighted by molar-refractivity contribution is 6.25. The highest BCUT2D eigenvalue weighted by Gasteiger charge is 2.36. The number of methoxy groups -OCH3 is 2. The molecule has 0 spiro atoms. The predicted octanol–water partition coefficient (Wildman–Crippen LogP) is 1.93. The van der Waals surface area contributed by atoms with Crippen LogP contribution in [-0.4, -0.2) is 31.8 Å². The number of carbonyl (C=O) groups is 3. The van der Waals surface area contributed by atoms with Gasteiger partial charge in [-0.1, -0.05) is 12.1 Å². The van der Waals surface area contributed by atoms with Gasteiger partial charge in [-0.15, -0.1) is 0 Å². The first kappa shape index (κ1) is 16.5. The van der Waals surface area contributed by atoms with Gasteiger partial charge in [0.15, 0.2) is 29.0 Å². The van der Waals surface area contributed by atoms with Crippen molar-refractivity contribution >= 4 is 23.6 Å². The van der Waals surface area contributed by atoms with E-state index in [4.69, 9.17) is 14.2 Å². The summed E-state index contributed by atoms with van der Waals surface area (Å²) in [5.74, 6) is -2.39. The van der Waals surface area contributed by atoms with Gasteiger partial charge in [0.25, 0.3) is 0 Å². The van der Waals surface area contributed by atoms with Crippen LogP contribution >= 0.6 is 0 Å². The Morgan fingerprint density at radius 2 is 1.96 bits per heavy atom. The number of para-hydroxylation sites is 1. The van der Waals surface area contributed by atoms with Gasteiger partial charge < -0.3 is 14.2 Å². The molecule has 2 rings (SSSR count). The van der Waals surface area contributed by atoms with Crippen LogP contribution in [0.1, 0.15) is 12.5 Å². The van der Waals surface area contributed by atoms with Crippen LogP contribution in [0.5, 0.6) is 11.5 Å². The molecule has 1 aromatic carbocycles. The zero-order valence-electron chi connectivity index (χ0n) is 13.0. The third-order valence-electron chi connectivity index (χ3n) is 3.27. The van der Waals surface area contributed by atoms with E-state index in [0.29, 0.717) is 17.1 Å². The number of rotatable bonds is 5. The molecule has 6 nitrogen and oxygen atoms in total. The number of hydrogen-bond acceptors (Lipinski definition) is 6. The molecule has 1 aromatic rings. The van der Waals surface area contributed by atoms with Crippen LogP contribution < -0.4 is 9.47 Å². The third kappa shape index (κ3) is 3.48.